The van der Waals surface area contributed by atoms with Crippen molar-refractivity contribution in [3.8, 4) is 12.1 Å². The molecule has 1 fully saturated rings. The van der Waals surface area contributed by atoms with Crippen LogP contribution in [0, 0.1) is 22.7 Å². The van der Waals surface area contributed by atoms with E-state index in [9.17, 15) is 20.4 Å². The number of aliphatic hydroxyl groups excluding tert-OH is 1. The van der Waals surface area contributed by atoms with Gasteiger partial charge in [0.05, 0.1) is 17.7 Å². The number of amides is 1. The number of β-amino-alcohol motifs (C(OH)–C–C–N with tert-alkyl or cyclic N) is 1. The lowest BCUT2D eigenvalue weighted by atomic mass is 10.0. The van der Waals surface area contributed by atoms with E-state index in [-0.39, 0.29) is 6.61 Å². The lowest BCUT2D eigenvalue weighted by molar-refractivity contribution is -0.117. The normalized spacial score (nSPS) is 15.1. The fourth-order valence-corrected chi connectivity index (χ4v) is 4.91. The Hall–Kier alpha value is -3.11. The van der Waals surface area contributed by atoms with Crippen LogP contribution in [0.1, 0.15) is 34.4 Å². The molecule has 0 radical (unpaired) electrons. The maximum Gasteiger partial charge on any atom is 0.235 e. The van der Waals surface area contributed by atoms with E-state index in [1.807, 2.05) is 42.2 Å². The van der Waals surface area contributed by atoms with Crippen LogP contribution < -0.4 is 10.6 Å². The summed E-state index contributed by atoms with van der Waals surface area (Å²) >= 11 is 1.15. The van der Waals surface area contributed by atoms with Crippen LogP contribution in [0.4, 0.5) is 5.82 Å². The number of nitriles is 2. The number of hydrogen-bond donors (Lipinski definition) is 2. The number of benzene rings is 1. The van der Waals surface area contributed by atoms with E-state index < -0.39 is 11.2 Å². The van der Waals surface area contributed by atoms with E-state index >= 15 is 0 Å². The molecule has 9 heteroatoms. The van der Waals surface area contributed by atoms with Gasteiger partial charge in [-0.1, -0.05) is 49.0 Å². The first kappa shape index (κ1) is 23.6. The van der Waals surface area contributed by atoms with Crippen molar-refractivity contribution in [3.05, 3.63) is 52.6 Å². The predicted octanol–water partition coefficient (Wildman–Crippen LogP) is 1.82. The molecule has 166 valence electrons. The van der Waals surface area contributed by atoms with Gasteiger partial charge in [0.1, 0.15) is 28.2 Å². The van der Waals surface area contributed by atoms with E-state index in [4.69, 9.17) is 10.7 Å². The Labute approximate surface area is 192 Å². The molecule has 3 rings (SSSR count). The Kier molecular flexibility index (Phi) is 8.07. The van der Waals surface area contributed by atoms with Gasteiger partial charge >= 0.3 is 0 Å². The number of primary amides is 1. The highest BCUT2D eigenvalue weighted by atomic mass is 32.2. The zero-order valence-corrected chi connectivity index (χ0v) is 18.8. The molecule has 3 N–H and O–H groups in total. The zero-order chi connectivity index (χ0) is 23.1. The van der Waals surface area contributed by atoms with E-state index in [0.717, 1.165) is 30.4 Å². The third-order valence-corrected chi connectivity index (χ3v) is 6.76. The van der Waals surface area contributed by atoms with Gasteiger partial charge in [-0.05, 0) is 17.5 Å². The van der Waals surface area contributed by atoms with Gasteiger partial charge in [-0.25, -0.2) is 4.98 Å². The van der Waals surface area contributed by atoms with Crippen LogP contribution in [0.15, 0.2) is 35.4 Å². The highest BCUT2D eigenvalue weighted by Crippen LogP contribution is 2.39. The van der Waals surface area contributed by atoms with Crippen molar-refractivity contribution in [2.24, 2.45) is 5.73 Å². The molecule has 1 saturated heterocycles. The largest absolute Gasteiger partial charge is 0.395 e. The van der Waals surface area contributed by atoms with Gasteiger partial charge in [0, 0.05) is 32.7 Å². The molecule has 0 saturated carbocycles. The highest BCUT2D eigenvalue weighted by Gasteiger charge is 2.28. The highest BCUT2D eigenvalue weighted by molar-refractivity contribution is 8.00. The maximum absolute atomic E-state index is 12.3. The van der Waals surface area contributed by atoms with Crippen molar-refractivity contribution >= 4 is 23.5 Å². The summed E-state index contributed by atoms with van der Waals surface area (Å²) in [5.41, 5.74) is 7.79. The molecule has 1 atom stereocenters. The Morgan fingerprint density at radius 3 is 2.38 bits per heavy atom. The maximum atomic E-state index is 12.3. The van der Waals surface area contributed by atoms with Crippen LogP contribution in [-0.4, -0.2) is 60.2 Å². The van der Waals surface area contributed by atoms with Gasteiger partial charge in [-0.15, -0.1) is 0 Å². The van der Waals surface area contributed by atoms with Crippen LogP contribution in [-0.2, 0) is 11.2 Å². The number of pyridine rings is 1. The fraction of sp³-hybridized carbons (Fsp3) is 0.391. The number of nitrogens with two attached hydrogens (primary N) is 1. The summed E-state index contributed by atoms with van der Waals surface area (Å²) in [5, 5.41) is 28.7. The number of thioether (sulfide) groups is 1. The summed E-state index contributed by atoms with van der Waals surface area (Å²) in [5.74, 6) is 0.0132. The number of anilines is 1. The number of carbonyl (C=O) groups excluding carboxylic acids is 1. The van der Waals surface area contributed by atoms with Crippen molar-refractivity contribution in [2.75, 3.05) is 44.2 Å². The minimum Gasteiger partial charge on any atom is -0.395 e. The first-order valence-electron chi connectivity index (χ1n) is 10.5. The summed E-state index contributed by atoms with van der Waals surface area (Å²) in [6.07, 6.45) is 0.492. The molecule has 0 spiro atoms. The fourth-order valence-electron chi connectivity index (χ4n) is 3.85. The first-order chi connectivity index (χ1) is 15.5. The third kappa shape index (κ3) is 5.03. The van der Waals surface area contributed by atoms with Crippen molar-refractivity contribution in [1.29, 1.82) is 10.5 Å². The Morgan fingerprint density at radius 1 is 1.19 bits per heavy atom. The predicted molar refractivity (Wildman–Crippen MR) is 123 cm³/mol. The molecular weight excluding hydrogens is 424 g/mol. The zero-order valence-electron chi connectivity index (χ0n) is 18.0. The Balaban J connectivity index is 2.04. The van der Waals surface area contributed by atoms with Crippen LogP contribution in [0.5, 0.6) is 0 Å². The number of aromatic nitrogens is 1. The first-order valence-corrected chi connectivity index (χ1v) is 11.4. The molecule has 1 amide bonds. The van der Waals surface area contributed by atoms with E-state index in [2.05, 4.69) is 17.0 Å². The topological polar surface area (TPSA) is 130 Å². The molecule has 2 aromatic rings. The number of nitrogens with zero attached hydrogens (tertiary/aromatic N) is 5. The second-order valence-corrected chi connectivity index (χ2v) is 8.50. The van der Waals surface area contributed by atoms with Crippen LogP contribution in [0.25, 0.3) is 0 Å². The lowest BCUT2D eigenvalue weighted by Gasteiger charge is -2.36. The molecule has 1 unspecified atom stereocenters. The standard InChI is InChI=1S/C23H26N6O2S/c1-2-17-18(14-24)22(29-10-8-28(9-11-29)12-13-30)27-23(19(17)15-25)32-20(21(26)31)16-6-4-3-5-7-16/h3-7,20,30H,2,8-13H2,1H3,(H2,26,31). The van der Waals surface area contributed by atoms with Crippen molar-refractivity contribution in [3.63, 3.8) is 0 Å². The summed E-state index contributed by atoms with van der Waals surface area (Å²) in [6, 6.07) is 13.6. The van der Waals surface area contributed by atoms with Gasteiger partial charge in [0.15, 0.2) is 0 Å². The monoisotopic (exact) mass is 450 g/mol. The number of carbonyl (C=O) groups is 1. The minimum absolute atomic E-state index is 0.104. The molecule has 32 heavy (non-hydrogen) atoms. The quantitative estimate of drug-likeness (QED) is 0.583. The number of aliphatic hydroxyl groups is 1. The molecule has 0 aliphatic carbocycles. The van der Waals surface area contributed by atoms with E-state index in [0.29, 0.717) is 53.6 Å². The molecule has 2 heterocycles. The van der Waals surface area contributed by atoms with Crippen molar-refractivity contribution in [1.82, 2.24) is 9.88 Å². The molecule has 1 aliphatic heterocycles. The van der Waals surface area contributed by atoms with Crippen molar-refractivity contribution < 1.29 is 9.90 Å². The average molecular weight is 451 g/mol. The third-order valence-electron chi connectivity index (χ3n) is 5.50. The molecule has 1 aromatic heterocycles. The smallest absolute Gasteiger partial charge is 0.235 e. The van der Waals surface area contributed by atoms with Gasteiger partial charge in [0.25, 0.3) is 0 Å². The van der Waals surface area contributed by atoms with Crippen LogP contribution >= 0.6 is 11.8 Å². The Bertz CT molecular complexity index is 1040. The summed E-state index contributed by atoms with van der Waals surface area (Å²) < 4.78 is 0. The Morgan fingerprint density at radius 2 is 1.84 bits per heavy atom. The number of rotatable bonds is 8. The minimum atomic E-state index is -0.706. The summed E-state index contributed by atoms with van der Waals surface area (Å²) in [4.78, 5) is 21.2. The molecule has 1 aliphatic rings. The van der Waals surface area contributed by atoms with Crippen molar-refractivity contribution in [2.45, 2.75) is 23.6 Å². The van der Waals surface area contributed by atoms with Crippen LogP contribution in [0.2, 0.25) is 0 Å². The number of hydrogen-bond acceptors (Lipinski definition) is 8. The van der Waals surface area contributed by atoms with Gasteiger partial charge in [0.2, 0.25) is 5.91 Å². The second-order valence-electron chi connectivity index (χ2n) is 7.41. The average Bonchev–Trinajstić information content (AvgIpc) is 2.82. The van der Waals surface area contributed by atoms with Gasteiger partial charge in [-0.2, -0.15) is 10.5 Å². The van der Waals surface area contributed by atoms with E-state index in [1.165, 1.54) is 0 Å². The number of piperazine rings is 1. The lowest BCUT2D eigenvalue weighted by Crippen LogP contribution is -2.47. The molecule has 8 nitrogen and oxygen atoms in total. The SMILES string of the molecule is CCc1c(C#N)c(SC(C(N)=O)c2ccccc2)nc(N2CCN(CCO)CC2)c1C#N. The molecule has 1 aromatic carbocycles. The summed E-state index contributed by atoms with van der Waals surface area (Å²) in [6.45, 7) is 5.40. The van der Waals surface area contributed by atoms with Gasteiger partial charge < -0.3 is 15.7 Å². The molecule has 0 bridgehead atoms. The van der Waals surface area contributed by atoms with E-state index in [1.54, 1.807) is 0 Å². The second kappa shape index (κ2) is 11.0. The van der Waals surface area contributed by atoms with Gasteiger partial charge in [-0.3, -0.25) is 9.69 Å². The summed E-state index contributed by atoms with van der Waals surface area (Å²) in [7, 11) is 0. The van der Waals surface area contributed by atoms with Crippen LogP contribution in [0.3, 0.4) is 0 Å². The molecular formula is C23H26N6O2S.